The summed E-state index contributed by atoms with van der Waals surface area (Å²) in [5.41, 5.74) is 6.85. The van der Waals surface area contributed by atoms with Crippen LogP contribution in [0, 0.1) is 5.92 Å². The van der Waals surface area contributed by atoms with Crippen LogP contribution in [0.1, 0.15) is 13.8 Å². The van der Waals surface area contributed by atoms with Crippen LogP contribution in [0.2, 0.25) is 0 Å². The van der Waals surface area contributed by atoms with Crippen LogP contribution in [0.3, 0.4) is 0 Å². The largest absolute Gasteiger partial charge is 0.374 e. The summed E-state index contributed by atoms with van der Waals surface area (Å²) in [6.07, 6.45) is 1.33. The molecule has 10 heavy (non-hydrogen) atoms. The molecule has 1 heterocycles. The van der Waals surface area contributed by atoms with Crippen molar-refractivity contribution in [3.05, 3.63) is 11.6 Å². The highest BCUT2D eigenvalue weighted by atomic mass is 16.3. The van der Waals surface area contributed by atoms with Crippen molar-refractivity contribution in [2.45, 2.75) is 20.1 Å². The number of aliphatic hydroxyl groups excluding tert-OH is 1. The van der Waals surface area contributed by atoms with Gasteiger partial charge < -0.3 is 5.11 Å². The summed E-state index contributed by atoms with van der Waals surface area (Å²) >= 11 is 0. The molecule has 0 aromatic carbocycles. The van der Waals surface area contributed by atoms with Gasteiger partial charge in [0.2, 0.25) is 0 Å². The van der Waals surface area contributed by atoms with Crippen LogP contribution in [-0.4, -0.2) is 17.9 Å². The van der Waals surface area contributed by atoms with Gasteiger partial charge in [0, 0.05) is 6.54 Å². The van der Waals surface area contributed by atoms with Gasteiger partial charge in [0.1, 0.15) is 6.23 Å². The quantitative estimate of drug-likeness (QED) is 0.451. The fraction of sp³-hybridized carbons (Fsp3) is 0.714. The van der Waals surface area contributed by atoms with Crippen molar-refractivity contribution < 1.29 is 5.11 Å². The molecule has 0 saturated carbocycles. The number of aliphatic hydroxyl groups is 1. The van der Waals surface area contributed by atoms with Gasteiger partial charge in [-0.15, -0.1) is 0 Å². The minimum absolute atomic E-state index is 0.518. The zero-order valence-corrected chi connectivity index (χ0v) is 6.39. The predicted octanol–water partition coefficient (Wildman–Crippen LogP) is -0.00500. The van der Waals surface area contributed by atoms with E-state index in [9.17, 15) is 0 Å². The fourth-order valence-corrected chi connectivity index (χ4v) is 0.958. The number of rotatable bonds is 1. The van der Waals surface area contributed by atoms with Crippen molar-refractivity contribution in [3.8, 4) is 0 Å². The van der Waals surface area contributed by atoms with Crippen LogP contribution in [0.15, 0.2) is 11.6 Å². The molecule has 0 radical (unpaired) electrons. The Labute approximate surface area is 61.1 Å². The average Bonchev–Trinajstić information content (AvgIpc) is 1.88. The summed E-state index contributed by atoms with van der Waals surface area (Å²) < 4.78 is 0. The Morgan fingerprint density at radius 3 is 2.80 bits per heavy atom. The Morgan fingerprint density at radius 1 is 1.70 bits per heavy atom. The maximum atomic E-state index is 9.08. The molecule has 1 aliphatic rings. The molecule has 0 bridgehead atoms. The maximum absolute atomic E-state index is 9.08. The third kappa shape index (κ3) is 1.80. The number of hydrogen-bond donors (Lipinski definition) is 3. The standard InChI is InChI=1S/C7H14N2O/c1-5(2)6-3-7(10)9-8-4-6/h3,5,7-10H,4H2,1-2H3. The summed E-state index contributed by atoms with van der Waals surface area (Å²) in [6.45, 7) is 5.06. The van der Waals surface area contributed by atoms with E-state index in [1.165, 1.54) is 5.57 Å². The second-order valence-electron chi connectivity index (χ2n) is 2.84. The lowest BCUT2D eigenvalue weighted by molar-refractivity contribution is 0.156. The second kappa shape index (κ2) is 3.14. The van der Waals surface area contributed by atoms with Crippen LogP contribution in [0.4, 0.5) is 0 Å². The van der Waals surface area contributed by atoms with Gasteiger partial charge in [0.05, 0.1) is 0 Å². The van der Waals surface area contributed by atoms with E-state index in [4.69, 9.17) is 5.11 Å². The van der Waals surface area contributed by atoms with E-state index in [1.807, 2.05) is 6.08 Å². The Hall–Kier alpha value is -0.380. The molecule has 3 nitrogen and oxygen atoms in total. The van der Waals surface area contributed by atoms with E-state index in [-0.39, 0.29) is 0 Å². The molecule has 3 N–H and O–H groups in total. The van der Waals surface area contributed by atoms with Crippen LogP contribution in [0.25, 0.3) is 0 Å². The molecule has 1 aliphatic heterocycles. The lowest BCUT2D eigenvalue weighted by Crippen LogP contribution is -2.45. The number of hydrazine groups is 1. The van der Waals surface area contributed by atoms with Gasteiger partial charge in [-0.25, -0.2) is 5.43 Å². The third-order valence-corrected chi connectivity index (χ3v) is 1.66. The van der Waals surface area contributed by atoms with Gasteiger partial charge >= 0.3 is 0 Å². The molecular formula is C7H14N2O. The summed E-state index contributed by atoms with van der Waals surface area (Å²) in [5.74, 6) is 0.518. The minimum atomic E-state index is -0.522. The molecule has 3 heteroatoms. The SMILES string of the molecule is CC(C)C1=CC(O)NNC1. The molecule has 0 spiro atoms. The van der Waals surface area contributed by atoms with Gasteiger partial charge in [-0.2, -0.15) is 0 Å². The summed E-state index contributed by atoms with van der Waals surface area (Å²) in [5, 5.41) is 9.08. The van der Waals surface area contributed by atoms with Crippen molar-refractivity contribution in [1.82, 2.24) is 10.9 Å². The lowest BCUT2D eigenvalue weighted by Gasteiger charge is -2.21. The molecule has 1 rings (SSSR count). The van der Waals surface area contributed by atoms with Crippen molar-refractivity contribution >= 4 is 0 Å². The first kappa shape index (κ1) is 7.72. The normalized spacial score (nSPS) is 26.8. The highest BCUT2D eigenvalue weighted by molar-refractivity contribution is 5.11. The Bertz CT molecular complexity index is 143. The van der Waals surface area contributed by atoms with Crippen molar-refractivity contribution in [1.29, 1.82) is 0 Å². The molecule has 0 saturated heterocycles. The molecule has 0 fully saturated rings. The monoisotopic (exact) mass is 142 g/mol. The summed E-state index contributed by atoms with van der Waals surface area (Å²) in [7, 11) is 0. The van der Waals surface area contributed by atoms with E-state index >= 15 is 0 Å². The highest BCUT2D eigenvalue weighted by Gasteiger charge is 2.10. The predicted molar refractivity (Wildman–Crippen MR) is 40.1 cm³/mol. The first-order valence-electron chi connectivity index (χ1n) is 3.57. The smallest absolute Gasteiger partial charge is 0.136 e. The fourth-order valence-electron chi connectivity index (χ4n) is 0.958. The Balaban J connectivity index is 2.57. The topological polar surface area (TPSA) is 44.3 Å². The van der Waals surface area contributed by atoms with Crippen molar-refractivity contribution in [3.63, 3.8) is 0 Å². The molecule has 1 unspecified atom stereocenters. The maximum Gasteiger partial charge on any atom is 0.136 e. The summed E-state index contributed by atoms with van der Waals surface area (Å²) in [4.78, 5) is 0. The van der Waals surface area contributed by atoms with Crippen LogP contribution in [0.5, 0.6) is 0 Å². The van der Waals surface area contributed by atoms with Gasteiger partial charge in [-0.3, -0.25) is 5.43 Å². The Morgan fingerprint density at radius 2 is 2.40 bits per heavy atom. The van der Waals surface area contributed by atoms with E-state index in [0.717, 1.165) is 6.54 Å². The molecule has 0 aliphatic carbocycles. The first-order chi connectivity index (χ1) is 4.70. The van der Waals surface area contributed by atoms with Crippen molar-refractivity contribution in [2.24, 2.45) is 5.92 Å². The van der Waals surface area contributed by atoms with Gasteiger partial charge in [-0.05, 0) is 12.0 Å². The van der Waals surface area contributed by atoms with E-state index in [1.54, 1.807) is 0 Å². The molecular weight excluding hydrogens is 128 g/mol. The molecule has 0 aromatic rings. The highest BCUT2D eigenvalue weighted by Crippen LogP contribution is 2.10. The number of hydrogen-bond acceptors (Lipinski definition) is 3. The Kier molecular flexibility index (Phi) is 2.43. The van der Waals surface area contributed by atoms with E-state index in [0.29, 0.717) is 5.92 Å². The van der Waals surface area contributed by atoms with Crippen LogP contribution in [-0.2, 0) is 0 Å². The van der Waals surface area contributed by atoms with Gasteiger partial charge in [-0.1, -0.05) is 19.4 Å². The second-order valence-corrected chi connectivity index (χ2v) is 2.84. The van der Waals surface area contributed by atoms with Gasteiger partial charge in [0.25, 0.3) is 0 Å². The summed E-state index contributed by atoms with van der Waals surface area (Å²) in [6, 6.07) is 0. The lowest BCUT2D eigenvalue weighted by atomic mass is 10.0. The first-order valence-corrected chi connectivity index (χ1v) is 3.57. The molecule has 1 atom stereocenters. The zero-order chi connectivity index (χ0) is 7.56. The third-order valence-electron chi connectivity index (χ3n) is 1.66. The van der Waals surface area contributed by atoms with Crippen LogP contribution < -0.4 is 10.9 Å². The molecule has 0 amide bonds. The van der Waals surface area contributed by atoms with Crippen LogP contribution >= 0.6 is 0 Å². The van der Waals surface area contributed by atoms with Crippen molar-refractivity contribution in [2.75, 3.05) is 6.54 Å². The van der Waals surface area contributed by atoms with E-state index in [2.05, 4.69) is 24.7 Å². The zero-order valence-electron chi connectivity index (χ0n) is 6.39. The number of nitrogens with one attached hydrogen (secondary N) is 2. The van der Waals surface area contributed by atoms with Gasteiger partial charge in [0.15, 0.2) is 0 Å². The molecule has 58 valence electrons. The van der Waals surface area contributed by atoms with E-state index < -0.39 is 6.23 Å². The molecule has 0 aromatic heterocycles. The minimum Gasteiger partial charge on any atom is -0.374 e. The average molecular weight is 142 g/mol.